The van der Waals surface area contributed by atoms with Crippen LogP contribution in [0.25, 0.3) is 6.08 Å². The highest BCUT2D eigenvalue weighted by atomic mass is 35.5. The maximum atomic E-state index is 12.2. The fraction of sp³-hybridized carbons (Fsp3) is 0.0556. The van der Waals surface area contributed by atoms with Crippen molar-refractivity contribution < 1.29 is 14.4 Å². The van der Waals surface area contributed by atoms with Gasteiger partial charge in [0.1, 0.15) is 0 Å². The van der Waals surface area contributed by atoms with Gasteiger partial charge in [0.25, 0.3) is 11.8 Å². The first-order chi connectivity index (χ1) is 11.5. The molecule has 6 heteroatoms. The van der Waals surface area contributed by atoms with Crippen molar-refractivity contribution in [3.05, 3.63) is 70.3 Å². The molecule has 0 bridgehead atoms. The first-order valence-electron chi connectivity index (χ1n) is 7.18. The van der Waals surface area contributed by atoms with Gasteiger partial charge in [0, 0.05) is 18.1 Å². The van der Waals surface area contributed by atoms with E-state index < -0.39 is 11.8 Å². The summed E-state index contributed by atoms with van der Waals surface area (Å²) in [6.07, 6.45) is 2.91. The van der Waals surface area contributed by atoms with Crippen LogP contribution in [-0.4, -0.2) is 29.7 Å². The number of rotatable bonds is 3. The summed E-state index contributed by atoms with van der Waals surface area (Å²) < 4.78 is 0. The van der Waals surface area contributed by atoms with Crippen LogP contribution >= 0.6 is 11.6 Å². The first kappa shape index (κ1) is 16.0. The van der Waals surface area contributed by atoms with Gasteiger partial charge in [-0.15, -0.1) is 0 Å². The molecule has 0 unspecified atom stereocenters. The third-order valence-electron chi connectivity index (χ3n) is 3.70. The molecule has 0 aliphatic carbocycles. The smallest absolute Gasteiger partial charge is 0.263 e. The van der Waals surface area contributed by atoms with E-state index in [0.29, 0.717) is 16.3 Å². The van der Waals surface area contributed by atoms with Crippen molar-refractivity contribution in [1.82, 2.24) is 4.90 Å². The summed E-state index contributed by atoms with van der Waals surface area (Å²) in [7, 11) is 1.41. The van der Waals surface area contributed by atoms with Gasteiger partial charge in [-0.05, 0) is 29.8 Å². The highest BCUT2D eigenvalue weighted by Gasteiger charge is 2.34. The van der Waals surface area contributed by atoms with E-state index >= 15 is 0 Å². The number of halogens is 1. The number of carbonyl (C=O) groups excluding carboxylic acids is 3. The number of anilines is 1. The number of hydrogen-bond donors (Lipinski definition) is 1. The van der Waals surface area contributed by atoms with Crippen molar-refractivity contribution in [2.75, 3.05) is 12.4 Å². The highest BCUT2D eigenvalue weighted by Crippen LogP contribution is 2.28. The van der Waals surface area contributed by atoms with E-state index in [1.54, 1.807) is 42.5 Å². The predicted octanol–water partition coefficient (Wildman–Crippen LogP) is 3.22. The maximum absolute atomic E-state index is 12.2. The number of fused-ring (bicyclic) bond motifs is 1. The van der Waals surface area contributed by atoms with Gasteiger partial charge < -0.3 is 5.32 Å². The second-order valence-corrected chi connectivity index (χ2v) is 5.65. The number of carbonyl (C=O) groups is 3. The molecule has 120 valence electrons. The zero-order valence-electron chi connectivity index (χ0n) is 12.7. The van der Waals surface area contributed by atoms with Crippen molar-refractivity contribution in [3.8, 4) is 0 Å². The van der Waals surface area contributed by atoms with Gasteiger partial charge in [-0.2, -0.15) is 0 Å². The van der Waals surface area contributed by atoms with E-state index in [4.69, 9.17) is 11.6 Å². The Morgan fingerprint density at radius 2 is 1.83 bits per heavy atom. The molecule has 0 spiro atoms. The van der Waals surface area contributed by atoms with Crippen LogP contribution in [0, 0.1) is 0 Å². The lowest BCUT2D eigenvalue weighted by molar-refractivity contribution is -0.111. The van der Waals surface area contributed by atoms with Crippen molar-refractivity contribution in [1.29, 1.82) is 0 Å². The fourth-order valence-electron chi connectivity index (χ4n) is 2.46. The molecular weight excluding hydrogens is 328 g/mol. The molecule has 3 amide bonds. The lowest BCUT2D eigenvalue weighted by Crippen LogP contribution is -2.24. The Hall–Kier alpha value is -2.92. The minimum absolute atomic E-state index is 0.212. The lowest BCUT2D eigenvalue weighted by Gasteiger charge is -2.07. The first-order valence-corrected chi connectivity index (χ1v) is 7.56. The number of hydrogen-bond acceptors (Lipinski definition) is 3. The van der Waals surface area contributed by atoms with Crippen LogP contribution in [0.4, 0.5) is 5.69 Å². The van der Waals surface area contributed by atoms with Crippen molar-refractivity contribution >= 4 is 41.1 Å². The Morgan fingerprint density at radius 3 is 2.58 bits per heavy atom. The Morgan fingerprint density at radius 1 is 1.08 bits per heavy atom. The number of amides is 3. The molecule has 0 atom stereocenters. The summed E-state index contributed by atoms with van der Waals surface area (Å²) in [4.78, 5) is 37.3. The van der Waals surface area contributed by atoms with Crippen molar-refractivity contribution in [3.63, 3.8) is 0 Å². The van der Waals surface area contributed by atoms with Gasteiger partial charge in [0.2, 0.25) is 5.91 Å². The molecule has 24 heavy (non-hydrogen) atoms. The summed E-state index contributed by atoms with van der Waals surface area (Å²) in [5.74, 6) is -1.23. The third-order valence-corrected chi connectivity index (χ3v) is 4.04. The molecule has 5 nitrogen and oxygen atoms in total. The zero-order valence-corrected chi connectivity index (χ0v) is 13.5. The summed E-state index contributed by atoms with van der Waals surface area (Å²) >= 11 is 6.03. The normalized spacial score (nSPS) is 13.5. The average molecular weight is 341 g/mol. The zero-order chi connectivity index (χ0) is 17.3. The summed E-state index contributed by atoms with van der Waals surface area (Å²) in [6.45, 7) is 0. The minimum atomic E-state index is -0.430. The van der Waals surface area contributed by atoms with Crippen molar-refractivity contribution in [2.45, 2.75) is 0 Å². The standard InChI is InChI=1S/C18H13ClN2O3/c1-21-17(23)12-6-4-8-14(16(12)18(21)24)20-15(22)10-9-11-5-2-3-7-13(11)19/h2-10H,1H3,(H,20,22). The van der Waals surface area contributed by atoms with Crippen LogP contribution in [0.1, 0.15) is 26.3 Å². The molecule has 0 saturated carbocycles. The molecule has 0 fully saturated rings. The minimum Gasteiger partial charge on any atom is -0.322 e. The number of benzene rings is 2. The Bertz CT molecular complexity index is 890. The second kappa shape index (κ2) is 6.29. The van der Waals surface area contributed by atoms with E-state index in [2.05, 4.69) is 5.32 Å². The monoisotopic (exact) mass is 340 g/mol. The largest absolute Gasteiger partial charge is 0.322 e. The molecule has 2 aromatic carbocycles. The van der Waals surface area contributed by atoms with Crippen LogP contribution in [0.15, 0.2) is 48.5 Å². The van der Waals surface area contributed by atoms with Crippen LogP contribution in [0.3, 0.4) is 0 Å². The maximum Gasteiger partial charge on any atom is 0.263 e. The summed E-state index contributed by atoms with van der Waals surface area (Å²) in [5.41, 5.74) is 1.52. The second-order valence-electron chi connectivity index (χ2n) is 5.24. The molecule has 1 heterocycles. The molecule has 3 rings (SSSR count). The van der Waals surface area contributed by atoms with E-state index in [1.165, 1.54) is 13.1 Å². The number of nitrogens with one attached hydrogen (secondary N) is 1. The molecule has 1 aliphatic heterocycles. The Balaban J connectivity index is 1.83. The van der Waals surface area contributed by atoms with Gasteiger partial charge in [-0.1, -0.05) is 35.9 Å². The quantitative estimate of drug-likeness (QED) is 0.689. The van der Waals surface area contributed by atoms with Gasteiger partial charge >= 0.3 is 0 Å². The fourth-order valence-corrected chi connectivity index (χ4v) is 2.65. The topological polar surface area (TPSA) is 66.5 Å². The Labute approximate surface area is 143 Å². The molecule has 1 aliphatic rings. The predicted molar refractivity (Wildman–Crippen MR) is 92.0 cm³/mol. The molecule has 0 aromatic heterocycles. The van der Waals surface area contributed by atoms with Crippen LogP contribution in [0.5, 0.6) is 0 Å². The van der Waals surface area contributed by atoms with Gasteiger partial charge in [0.15, 0.2) is 0 Å². The molecule has 0 radical (unpaired) electrons. The Kier molecular flexibility index (Phi) is 4.18. The van der Waals surface area contributed by atoms with E-state index in [1.807, 2.05) is 6.07 Å². The summed E-state index contributed by atoms with van der Waals surface area (Å²) in [6, 6.07) is 11.9. The molecule has 2 aromatic rings. The van der Waals surface area contributed by atoms with E-state index in [0.717, 1.165) is 4.90 Å². The van der Waals surface area contributed by atoms with Crippen LogP contribution in [-0.2, 0) is 4.79 Å². The molecule has 1 N–H and O–H groups in total. The van der Waals surface area contributed by atoms with Gasteiger partial charge in [-0.25, -0.2) is 0 Å². The van der Waals surface area contributed by atoms with E-state index in [9.17, 15) is 14.4 Å². The van der Waals surface area contributed by atoms with E-state index in [-0.39, 0.29) is 17.0 Å². The third kappa shape index (κ3) is 2.81. The van der Waals surface area contributed by atoms with Gasteiger partial charge in [0.05, 0.1) is 16.8 Å². The van der Waals surface area contributed by atoms with Crippen LogP contribution in [0.2, 0.25) is 5.02 Å². The highest BCUT2D eigenvalue weighted by molar-refractivity contribution is 6.32. The molecule has 0 saturated heterocycles. The number of nitrogens with zero attached hydrogens (tertiary/aromatic N) is 1. The van der Waals surface area contributed by atoms with Gasteiger partial charge in [-0.3, -0.25) is 19.3 Å². The van der Waals surface area contributed by atoms with Crippen molar-refractivity contribution in [2.24, 2.45) is 0 Å². The summed E-state index contributed by atoms with van der Waals surface area (Å²) in [5, 5.41) is 3.17. The number of imide groups is 1. The lowest BCUT2D eigenvalue weighted by atomic mass is 10.1. The SMILES string of the molecule is CN1C(=O)c2cccc(NC(=O)C=Cc3ccccc3Cl)c2C1=O. The van der Waals surface area contributed by atoms with Crippen LogP contribution < -0.4 is 5.32 Å². The molecular formula is C18H13ClN2O3. The average Bonchev–Trinajstić information content (AvgIpc) is 2.80.